The molecule has 0 aromatic rings. The van der Waals surface area contributed by atoms with Gasteiger partial charge < -0.3 is 9.84 Å². The van der Waals surface area contributed by atoms with E-state index < -0.39 is 22.5 Å². The average molecular weight is 251 g/mol. The summed E-state index contributed by atoms with van der Waals surface area (Å²) in [4.78, 5) is 11.4. The Labute approximate surface area is 95.2 Å². The van der Waals surface area contributed by atoms with E-state index in [9.17, 15) is 13.2 Å². The summed E-state index contributed by atoms with van der Waals surface area (Å²) in [6.45, 7) is 1.87. The highest BCUT2D eigenvalue weighted by Gasteiger charge is 2.40. The molecule has 0 spiro atoms. The van der Waals surface area contributed by atoms with E-state index >= 15 is 0 Å². The van der Waals surface area contributed by atoms with Gasteiger partial charge in [0.05, 0.1) is 25.4 Å². The van der Waals surface area contributed by atoms with Gasteiger partial charge in [-0.1, -0.05) is 6.92 Å². The lowest BCUT2D eigenvalue weighted by Gasteiger charge is -2.14. The number of esters is 1. The zero-order chi connectivity index (χ0) is 12.3. The van der Waals surface area contributed by atoms with E-state index in [0.29, 0.717) is 6.54 Å². The van der Waals surface area contributed by atoms with Crippen molar-refractivity contribution >= 4 is 16.0 Å². The highest BCUT2D eigenvalue weighted by molar-refractivity contribution is 7.89. The van der Waals surface area contributed by atoms with Crippen molar-refractivity contribution in [2.45, 2.75) is 6.92 Å². The van der Waals surface area contributed by atoms with Crippen LogP contribution in [-0.4, -0.2) is 56.4 Å². The predicted octanol–water partition coefficient (Wildman–Crippen LogP) is -0.951. The molecule has 6 nitrogen and oxygen atoms in total. The summed E-state index contributed by atoms with van der Waals surface area (Å²) in [6, 6.07) is 0. The minimum absolute atomic E-state index is 0.0547. The first-order valence-corrected chi connectivity index (χ1v) is 6.69. The third kappa shape index (κ3) is 2.72. The predicted molar refractivity (Wildman–Crippen MR) is 57.1 cm³/mol. The fraction of sp³-hybridized carbons (Fsp3) is 0.889. The highest BCUT2D eigenvalue weighted by atomic mass is 32.2. The summed E-state index contributed by atoms with van der Waals surface area (Å²) in [5.74, 6) is -1.14. The molecule has 1 saturated heterocycles. The fourth-order valence-electron chi connectivity index (χ4n) is 1.85. The average Bonchev–Trinajstić information content (AvgIpc) is 2.60. The van der Waals surface area contributed by atoms with Crippen LogP contribution in [0.25, 0.3) is 0 Å². The number of hydrogen-bond donors (Lipinski definition) is 1. The molecule has 1 aliphatic heterocycles. The highest BCUT2D eigenvalue weighted by Crippen LogP contribution is 2.26. The molecule has 1 fully saturated rings. The summed E-state index contributed by atoms with van der Waals surface area (Å²) in [7, 11) is -2.15. The Morgan fingerprint density at radius 3 is 2.62 bits per heavy atom. The molecule has 1 rings (SSSR count). The molecule has 0 aromatic carbocycles. The molecule has 94 valence electrons. The molecule has 16 heavy (non-hydrogen) atoms. The van der Waals surface area contributed by atoms with Crippen LogP contribution in [0, 0.1) is 11.8 Å². The molecule has 2 unspecified atom stereocenters. The molecular weight excluding hydrogens is 234 g/mol. The first-order chi connectivity index (χ1) is 7.42. The van der Waals surface area contributed by atoms with Crippen molar-refractivity contribution in [1.29, 1.82) is 0 Å². The van der Waals surface area contributed by atoms with Gasteiger partial charge in [-0.25, -0.2) is 12.7 Å². The van der Waals surface area contributed by atoms with Crippen LogP contribution in [0.5, 0.6) is 0 Å². The minimum Gasteiger partial charge on any atom is -0.469 e. The maximum atomic E-state index is 11.6. The summed E-state index contributed by atoms with van der Waals surface area (Å²) in [5, 5.41) is 8.65. The number of aliphatic hydroxyl groups is 1. The number of sulfonamides is 1. The van der Waals surface area contributed by atoms with Gasteiger partial charge in [0, 0.05) is 13.1 Å². The summed E-state index contributed by atoms with van der Waals surface area (Å²) >= 11 is 0. The van der Waals surface area contributed by atoms with Crippen LogP contribution in [0.15, 0.2) is 0 Å². The number of carbonyl (C=O) groups excluding carboxylic acids is 1. The van der Waals surface area contributed by atoms with Crippen molar-refractivity contribution in [3.8, 4) is 0 Å². The SMILES string of the molecule is COC(=O)C1CN(S(=O)(=O)CCO)CC1C. The maximum Gasteiger partial charge on any atom is 0.310 e. The first kappa shape index (κ1) is 13.4. The Hall–Kier alpha value is -0.660. The van der Waals surface area contributed by atoms with Crippen LogP contribution in [0.2, 0.25) is 0 Å². The van der Waals surface area contributed by atoms with Crippen molar-refractivity contribution in [1.82, 2.24) is 4.31 Å². The van der Waals surface area contributed by atoms with Crippen molar-refractivity contribution in [3.05, 3.63) is 0 Å². The first-order valence-electron chi connectivity index (χ1n) is 5.09. The Balaban J connectivity index is 2.73. The topological polar surface area (TPSA) is 83.9 Å². The lowest BCUT2D eigenvalue weighted by Crippen LogP contribution is -2.33. The van der Waals surface area contributed by atoms with E-state index in [1.807, 2.05) is 6.92 Å². The second-order valence-corrected chi connectivity index (χ2v) is 6.05. The fourth-order valence-corrected chi connectivity index (χ4v) is 3.19. The van der Waals surface area contributed by atoms with Gasteiger partial charge in [0.2, 0.25) is 10.0 Å². The van der Waals surface area contributed by atoms with Crippen LogP contribution in [-0.2, 0) is 19.6 Å². The number of carbonyl (C=O) groups is 1. The maximum absolute atomic E-state index is 11.6. The molecule has 1 heterocycles. The van der Waals surface area contributed by atoms with Gasteiger partial charge in [-0.2, -0.15) is 0 Å². The Bertz CT molecular complexity index is 353. The van der Waals surface area contributed by atoms with Gasteiger partial charge in [-0.15, -0.1) is 0 Å². The molecule has 0 aliphatic carbocycles. The molecule has 7 heteroatoms. The molecule has 0 saturated carbocycles. The second kappa shape index (κ2) is 5.11. The molecular formula is C9H17NO5S. The summed E-state index contributed by atoms with van der Waals surface area (Å²) in [6.07, 6.45) is 0. The minimum atomic E-state index is -3.44. The Morgan fingerprint density at radius 2 is 2.12 bits per heavy atom. The zero-order valence-corrected chi connectivity index (χ0v) is 10.2. The zero-order valence-electron chi connectivity index (χ0n) is 9.42. The second-order valence-electron chi connectivity index (χ2n) is 3.96. The van der Waals surface area contributed by atoms with Gasteiger partial charge in [0.25, 0.3) is 0 Å². The van der Waals surface area contributed by atoms with Crippen molar-refractivity contribution in [2.24, 2.45) is 11.8 Å². The smallest absolute Gasteiger partial charge is 0.310 e. The number of hydrogen-bond acceptors (Lipinski definition) is 5. The standard InChI is InChI=1S/C9H17NO5S/c1-7-5-10(16(13,14)4-3-11)6-8(7)9(12)15-2/h7-8,11H,3-6H2,1-2H3. The van der Waals surface area contributed by atoms with Crippen LogP contribution in [0.1, 0.15) is 6.92 Å². The largest absolute Gasteiger partial charge is 0.469 e. The Kier molecular flexibility index (Phi) is 4.28. The van der Waals surface area contributed by atoms with Gasteiger partial charge in [-0.05, 0) is 5.92 Å². The lowest BCUT2D eigenvalue weighted by molar-refractivity contribution is -0.145. The number of ether oxygens (including phenoxy) is 1. The van der Waals surface area contributed by atoms with E-state index in [2.05, 4.69) is 4.74 Å². The molecule has 0 radical (unpaired) electrons. The Morgan fingerprint density at radius 1 is 1.50 bits per heavy atom. The van der Waals surface area contributed by atoms with Gasteiger partial charge in [0.1, 0.15) is 0 Å². The van der Waals surface area contributed by atoms with Gasteiger partial charge >= 0.3 is 5.97 Å². The molecule has 0 aromatic heterocycles. The molecule has 2 atom stereocenters. The summed E-state index contributed by atoms with van der Waals surface area (Å²) < 4.78 is 29.2. The number of rotatable bonds is 4. The molecule has 1 aliphatic rings. The molecule has 0 bridgehead atoms. The molecule has 1 N–H and O–H groups in total. The van der Waals surface area contributed by atoms with E-state index in [4.69, 9.17) is 5.11 Å². The third-order valence-electron chi connectivity index (χ3n) is 2.83. The number of nitrogens with zero attached hydrogens (tertiary/aromatic N) is 1. The quantitative estimate of drug-likeness (QED) is 0.651. The number of aliphatic hydroxyl groups excluding tert-OH is 1. The van der Waals surface area contributed by atoms with Crippen molar-refractivity contribution < 1.29 is 23.1 Å². The van der Waals surface area contributed by atoms with Gasteiger partial charge in [0.15, 0.2) is 0 Å². The summed E-state index contributed by atoms with van der Waals surface area (Å²) in [5.41, 5.74) is 0. The van der Waals surface area contributed by atoms with E-state index in [1.165, 1.54) is 11.4 Å². The van der Waals surface area contributed by atoms with Crippen LogP contribution in [0.4, 0.5) is 0 Å². The van der Waals surface area contributed by atoms with Crippen molar-refractivity contribution in [3.63, 3.8) is 0 Å². The lowest BCUT2D eigenvalue weighted by atomic mass is 9.99. The molecule has 0 amide bonds. The van der Waals surface area contributed by atoms with Gasteiger partial charge in [-0.3, -0.25) is 4.79 Å². The third-order valence-corrected chi connectivity index (χ3v) is 4.61. The monoisotopic (exact) mass is 251 g/mol. The van der Waals surface area contributed by atoms with E-state index in [-0.39, 0.29) is 24.2 Å². The van der Waals surface area contributed by atoms with Crippen LogP contribution < -0.4 is 0 Å². The van der Waals surface area contributed by atoms with Crippen LogP contribution >= 0.6 is 0 Å². The van der Waals surface area contributed by atoms with Crippen molar-refractivity contribution in [2.75, 3.05) is 32.6 Å². The normalized spacial score (nSPS) is 26.9. The van der Waals surface area contributed by atoms with Crippen LogP contribution in [0.3, 0.4) is 0 Å². The van der Waals surface area contributed by atoms with E-state index in [0.717, 1.165) is 0 Å². The number of methoxy groups -OCH3 is 1. The van der Waals surface area contributed by atoms with E-state index in [1.54, 1.807) is 0 Å².